The first-order valence-corrected chi connectivity index (χ1v) is 9.72. The number of ether oxygens (including phenoxy) is 4. The molecule has 1 fully saturated rings. The van der Waals surface area contributed by atoms with Crippen molar-refractivity contribution in [3.8, 4) is 11.5 Å². The van der Waals surface area contributed by atoms with Crippen LogP contribution in [0.25, 0.3) is 0 Å². The number of benzene rings is 2. The Morgan fingerprint density at radius 2 is 1.65 bits per heavy atom. The molecule has 0 aromatic heterocycles. The molecule has 3 N–H and O–H groups in total. The lowest BCUT2D eigenvalue weighted by atomic mass is 10.1. The molecular weight excluding hydrogens is 406 g/mol. The van der Waals surface area contributed by atoms with Gasteiger partial charge in [0.25, 0.3) is 0 Å². The third-order valence-corrected chi connectivity index (χ3v) is 4.26. The summed E-state index contributed by atoms with van der Waals surface area (Å²) in [5.41, 5.74) is 1.16. The minimum atomic E-state index is -1.82. The van der Waals surface area contributed by atoms with Crippen molar-refractivity contribution in [1.82, 2.24) is 5.32 Å². The largest absolute Gasteiger partial charge is 0.493 e. The smallest absolute Gasteiger partial charge is 0.414 e. The van der Waals surface area contributed by atoms with Gasteiger partial charge in [0.1, 0.15) is 12.7 Å². The van der Waals surface area contributed by atoms with Gasteiger partial charge >= 0.3 is 11.9 Å². The molecule has 0 aliphatic carbocycles. The molecule has 2 atom stereocenters. The molecular formula is C22H27NO8. The number of aliphatic carboxylic acids is 2. The molecule has 0 amide bonds. The highest BCUT2D eigenvalue weighted by Gasteiger charge is 2.23. The third-order valence-electron chi connectivity index (χ3n) is 4.26. The van der Waals surface area contributed by atoms with E-state index in [-0.39, 0.29) is 12.2 Å². The van der Waals surface area contributed by atoms with E-state index in [0.29, 0.717) is 19.8 Å². The molecule has 2 aromatic rings. The van der Waals surface area contributed by atoms with Crippen LogP contribution in [-0.4, -0.2) is 68.3 Å². The minimum Gasteiger partial charge on any atom is -0.493 e. The zero-order valence-corrected chi connectivity index (χ0v) is 17.2. The molecule has 0 saturated carbocycles. The van der Waals surface area contributed by atoms with Crippen molar-refractivity contribution in [3.05, 3.63) is 60.2 Å². The van der Waals surface area contributed by atoms with Gasteiger partial charge in [-0.15, -0.1) is 0 Å². The van der Waals surface area contributed by atoms with E-state index in [9.17, 15) is 0 Å². The van der Waals surface area contributed by atoms with Crippen molar-refractivity contribution in [3.63, 3.8) is 0 Å². The molecule has 0 unspecified atom stereocenters. The average molecular weight is 433 g/mol. The highest BCUT2D eigenvalue weighted by atomic mass is 16.6. The summed E-state index contributed by atoms with van der Waals surface area (Å²) in [6, 6.07) is 17.9. The van der Waals surface area contributed by atoms with Crippen LogP contribution in [0.15, 0.2) is 54.6 Å². The number of methoxy groups -OCH3 is 1. The fourth-order valence-electron chi connectivity index (χ4n) is 2.80. The standard InChI is InChI=1S/C20H25NO4.C2H2O4/c1-22-18-9-5-6-10-19(18)24-12-11-21-13-17-14-23-15-20(25-17)16-7-3-2-4-8-16;3-1(4)2(5)6/h2-10,17,20-21H,11-15H2,1H3;(H,3,4)(H,5,6)/t17-,20-;/m1./s1. The van der Waals surface area contributed by atoms with Gasteiger partial charge < -0.3 is 34.5 Å². The summed E-state index contributed by atoms with van der Waals surface area (Å²) in [6.45, 7) is 3.25. The van der Waals surface area contributed by atoms with E-state index in [1.165, 1.54) is 0 Å². The van der Waals surface area contributed by atoms with Gasteiger partial charge in [0.2, 0.25) is 0 Å². The highest BCUT2D eigenvalue weighted by molar-refractivity contribution is 6.27. The first kappa shape index (κ1) is 24.1. The van der Waals surface area contributed by atoms with Gasteiger partial charge in [0.05, 0.1) is 26.4 Å². The Kier molecular flexibility index (Phi) is 10.3. The molecule has 0 radical (unpaired) electrons. The predicted molar refractivity (Wildman–Crippen MR) is 112 cm³/mol. The Morgan fingerprint density at radius 3 is 2.29 bits per heavy atom. The maximum absolute atomic E-state index is 9.10. The van der Waals surface area contributed by atoms with Crippen LogP contribution < -0.4 is 14.8 Å². The molecule has 0 bridgehead atoms. The Hall–Kier alpha value is -3.14. The van der Waals surface area contributed by atoms with Gasteiger partial charge in [-0.2, -0.15) is 0 Å². The van der Waals surface area contributed by atoms with E-state index in [1.807, 2.05) is 42.5 Å². The van der Waals surface area contributed by atoms with Crippen LogP contribution in [0, 0.1) is 0 Å². The quantitative estimate of drug-likeness (QED) is 0.423. The van der Waals surface area contributed by atoms with E-state index < -0.39 is 11.9 Å². The molecule has 1 saturated heterocycles. The molecule has 31 heavy (non-hydrogen) atoms. The minimum absolute atomic E-state index is 0.00609. The molecule has 1 aliphatic heterocycles. The first-order chi connectivity index (χ1) is 15.0. The van der Waals surface area contributed by atoms with E-state index in [2.05, 4.69) is 17.4 Å². The lowest BCUT2D eigenvalue weighted by Crippen LogP contribution is -2.39. The predicted octanol–water partition coefficient (Wildman–Crippen LogP) is 1.98. The summed E-state index contributed by atoms with van der Waals surface area (Å²) < 4.78 is 22.8. The van der Waals surface area contributed by atoms with Crippen LogP contribution >= 0.6 is 0 Å². The fraction of sp³-hybridized carbons (Fsp3) is 0.364. The van der Waals surface area contributed by atoms with Crippen LogP contribution in [0.4, 0.5) is 0 Å². The summed E-state index contributed by atoms with van der Waals surface area (Å²) in [5.74, 6) is -2.14. The number of hydrogen-bond acceptors (Lipinski definition) is 7. The second-order valence-corrected chi connectivity index (χ2v) is 6.51. The highest BCUT2D eigenvalue weighted by Crippen LogP contribution is 2.25. The fourth-order valence-corrected chi connectivity index (χ4v) is 2.80. The zero-order valence-electron chi connectivity index (χ0n) is 17.2. The Bertz CT molecular complexity index is 802. The van der Waals surface area contributed by atoms with Gasteiger partial charge in [-0.3, -0.25) is 0 Å². The normalized spacial score (nSPS) is 17.7. The summed E-state index contributed by atoms with van der Waals surface area (Å²) in [7, 11) is 1.64. The third kappa shape index (κ3) is 8.63. The first-order valence-electron chi connectivity index (χ1n) is 9.72. The Balaban J connectivity index is 0.000000501. The van der Waals surface area contributed by atoms with Crippen LogP contribution in [0.2, 0.25) is 0 Å². The van der Waals surface area contributed by atoms with E-state index >= 15 is 0 Å². The maximum Gasteiger partial charge on any atom is 0.414 e. The number of para-hydroxylation sites is 2. The van der Waals surface area contributed by atoms with Crippen LogP contribution in [0.5, 0.6) is 11.5 Å². The molecule has 1 heterocycles. The molecule has 1 aliphatic rings. The molecule has 0 spiro atoms. The summed E-state index contributed by atoms with van der Waals surface area (Å²) >= 11 is 0. The number of hydrogen-bond donors (Lipinski definition) is 3. The topological polar surface area (TPSA) is 124 Å². The van der Waals surface area contributed by atoms with Gasteiger partial charge in [-0.05, 0) is 17.7 Å². The van der Waals surface area contributed by atoms with E-state index in [0.717, 1.165) is 30.2 Å². The maximum atomic E-state index is 9.10. The van der Waals surface area contributed by atoms with Gasteiger partial charge in [-0.25, -0.2) is 9.59 Å². The van der Waals surface area contributed by atoms with Gasteiger partial charge in [-0.1, -0.05) is 42.5 Å². The van der Waals surface area contributed by atoms with Gasteiger partial charge in [0.15, 0.2) is 11.5 Å². The summed E-state index contributed by atoms with van der Waals surface area (Å²) in [5, 5.41) is 18.1. The molecule has 2 aromatic carbocycles. The number of carboxylic acid groups (broad SMARTS) is 2. The molecule has 3 rings (SSSR count). The number of carbonyl (C=O) groups is 2. The average Bonchev–Trinajstić information content (AvgIpc) is 2.80. The lowest BCUT2D eigenvalue weighted by Gasteiger charge is -2.30. The second kappa shape index (κ2) is 13.2. The van der Waals surface area contributed by atoms with Gasteiger partial charge in [0, 0.05) is 13.1 Å². The number of carboxylic acids is 2. The number of nitrogens with one attached hydrogen (secondary N) is 1. The van der Waals surface area contributed by atoms with E-state index in [4.69, 9.17) is 38.7 Å². The molecule has 168 valence electrons. The van der Waals surface area contributed by atoms with Crippen LogP contribution in [0.3, 0.4) is 0 Å². The van der Waals surface area contributed by atoms with Crippen LogP contribution in [-0.2, 0) is 19.1 Å². The van der Waals surface area contributed by atoms with Crippen molar-refractivity contribution in [2.45, 2.75) is 12.2 Å². The molecule has 9 heteroatoms. The van der Waals surface area contributed by atoms with Crippen molar-refractivity contribution in [1.29, 1.82) is 0 Å². The van der Waals surface area contributed by atoms with E-state index in [1.54, 1.807) is 7.11 Å². The summed E-state index contributed by atoms with van der Waals surface area (Å²) in [4.78, 5) is 18.2. The SMILES string of the molecule is COc1ccccc1OCCNC[C@@H]1COC[C@H](c2ccccc2)O1.O=C(O)C(=O)O. The van der Waals surface area contributed by atoms with Crippen LogP contribution in [0.1, 0.15) is 11.7 Å². The lowest BCUT2D eigenvalue weighted by molar-refractivity contribution is -0.159. The number of rotatable bonds is 8. The van der Waals surface area contributed by atoms with Crippen molar-refractivity contribution in [2.75, 3.05) is 40.0 Å². The second-order valence-electron chi connectivity index (χ2n) is 6.51. The van der Waals surface area contributed by atoms with Crippen molar-refractivity contribution >= 4 is 11.9 Å². The van der Waals surface area contributed by atoms with Crippen molar-refractivity contribution < 1.29 is 38.7 Å². The Labute approximate surface area is 180 Å². The molecule has 9 nitrogen and oxygen atoms in total. The van der Waals surface area contributed by atoms with Crippen molar-refractivity contribution in [2.24, 2.45) is 0 Å². The zero-order chi connectivity index (χ0) is 22.5. The summed E-state index contributed by atoms with van der Waals surface area (Å²) in [6.07, 6.45) is 0.0526. The monoisotopic (exact) mass is 433 g/mol. The Morgan fingerprint density at radius 1 is 1.00 bits per heavy atom.